The van der Waals surface area contributed by atoms with Gasteiger partial charge in [-0.15, -0.1) is 0 Å². The lowest BCUT2D eigenvalue weighted by Crippen LogP contribution is -2.55. The van der Waals surface area contributed by atoms with Gasteiger partial charge >= 0.3 is 5.97 Å². The summed E-state index contributed by atoms with van der Waals surface area (Å²) in [5, 5.41) is 9.72. The Morgan fingerprint density at radius 1 is 1.33 bits per heavy atom. The lowest BCUT2D eigenvalue weighted by molar-refractivity contribution is -0.168. The summed E-state index contributed by atoms with van der Waals surface area (Å²) in [5.41, 5.74) is 0.0577. The van der Waals surface area contributed by atoms with Gasteiger partial charge in [0.15, 0.2) is 0 Å². The van der Waals surface area contributed by atoms with Crippen LogP contribution < -0.4 is 0 Å². The van der Waals surface area contributed by atoms with Crippen LogP contribution >= 0.6 is 0 Å². The van der Waals surface area contributed by atoms with Crippen molar-refractivity contribution in [1.29, 1.82) is 0 Å². The number of carbonyl (C=O) groups is 1. The summed E-state index contributed by atoms with van der Waals surface area (Å²) >= 11 is 0. The van der Waals surface area contributed by atoms with Crippen LogP contribution in [0.2, 0.25) is 0 Å². The number of aliphatic hydroxyl groups excluding tert-OH is 1. The standard InChI is InChI=1S/C15H22O3/c1-2-14(17)18-9-15-6-10-3-11(7-15)5-12(4-10)13(15)8-16/h2,10-13,16H,1,3-9H2. The fraction of sp³-hybridized carbons (Fsp3) is 0.800. The van der Waals surface area contributed by atoms with Crippen molar-refractivity contribution in [2.24, 2.45) is 29.1 Å². The first-order valence-electron chi connectivity index (χ1n) is 7.07. The van der Waals surface area contributed by atoms with Gasteiger partial charge in [0.2, 0.25) is 0 Å². The third-order valence-corrected chi connectivity index (χ3v) is 5.55. The highest BCUT2D eigenvalue weighted by Gasteiger charge is 2.57. The fourth-order valence-electron chi connectivity index (χ4n) is 5.16. The van der Waals surface area contributed by atoms with E-state index in [9.17, 15) is 9.90 Å². The Morgan fingerprint density at radius 2 is 2.00 bits per heavy atom. The zero-order valence-corrected chi connectivity index (χ0v) is 10.8. The van der Waals surface area contributed by atoms with Crippen molar-refractivity contribution in [2.45, 2.75) is 32.1 Å². The second-order valence-electron chi connectivity index (χ2n) is 6.57. The summed E-state index contributed by atoms with van der Waals surface area (Å²) in [7, 11) is 0. The number of carbonyl (C=O) groups excluding carboxylic acids is 1. The Labute approximate surface area is 108 Å². The number of hydrogen-bond acceptors (Lipinski definition) is 3. The van der Waals surface area contributed by atoms with Crippen LogP contribution in [0.5, 0.6) is 0 Å². The molecule has 4 fully saturated rings. The fourth-order valence-corrected chi connectivity index (χ4v) is 5.16. The molecule has 0 aromatic rings. The van der Waals surface area contributed by atoms with Crippen molar-refractivity contribution in [2.75, 3.05) is 13.2 Å². The van der Waals surface area contributed by atoms with Crippen LogP contribution in [0.25, 0.3) is 0 Å². The molecule has 0 aromatic heterocycles. The minimum absolute atomic E-state index is 0.0577. The van der Waals surface area contributed by atoms with E-state index < -0.39 is 0 Å². The predicted molar refractivity (Wildman–Crippen MR) is 67.7 cm³/mol. The van der Waals surface area contributed by atoms with Gasteiger partial charge in [-0.05, 0) is 55.8 Å². The highest BCUT2D eigenvalue weighted by molar-refractivity contribution is 5.81. The van der Waals surface area contributed by atoms with E-state index in [2.05, 4.69) is 6.58 Å². The molecule has 4 aliphatic carbocycles. The molecule has 4 bridgehead atoms. The molecule has 0 spiro atoms. The molecule has 18 heavy (non-hydrogen) atoms. The summed E-state index contributed by atoms with van der Waals surface area (Å²) in [6, 6.07) is 0. The van der Waals surface area contributed by atoms with Crippen molar-refractivity contribution in [3.63, 3.8) is 0 Å². The van der Waals surface area contributed by atoms with E-state index in [1.165, 1.54) is 25.3 Å². The summed E-state index contributed by atoms with van der Waals surface area (Å²) in [6.45, 7) is 4.17. The first-order chi connectivity index (χ1) is 8.66. The number of aliphatic hydroxyl groups is 1. The minimum Gasteiger partial charge on any atom is -0.462 e. The molecule has 1 N–H and O–H groups in total. The molecule has 0 amide bonds. The largest absolute Gasteiger partial charge is 0.462 e. The maximum atomic E-state index is 11.3. The van der Waals surface area contributed by atoms with Crippen molar-refractivity contribution in [3.8, 4) is 0 Å². The average Bonchev–Trinajstić information content (AvgIpc) is 2.35. The lowest BCUT2D eigenvalue weighted by atomic mass is 9.45. The second kappa shape index (κ2) is 4.37. The van der Waals surface area contributed by atoms with Gasteiger partial charge in [-0.2, -0.15) is 0 Å². The van der Waals surface area contributed by atoms with Crippen molar-refractivity contribution in [1.82, 2.24) is 0 Å². The zero-order chi connectivity index (χ0) is 12.8. The second-order valence-corrected chi connectivity index (χ2v) is 6.57. The van der Waals surface area contributed by atoms with E-state index in [0.29, 0.717) is 18.4 Å². The molecule has 4 rings (SSSR count). The number of rotatable bonds is 4. The van der Waals surface area contributed by atoms with Crippen LogP contribution in [0.15, 0.2) is 12.7 Å². The molecule has 4 aliphatic rings. The minimum atomic E-state index is -0.331. The third kappa shape index (κ3) is 1.80. The van der Waals surface area contributed by atoms with Crippen LogP contribution in [0, 0.1) is 29.1 Å². The van der Waals surface area contributed by atoms with E-state index in [1.54, 1.807) is 0 Å². The molecular formula is C15H22O3. The van der Waals surface area contributed by atoms with Crippen LogP contribution in [0.1, 0.15) is 32.1 Å². The van der Waals surface area contributed by atoms with Gasteiger partial charge in [0, 0.05) is 18.1 Å². The van der Waals surface area contributed by atoms with E-state index in [4.69, 9.17) is 4.74 Å². The quantitative estimate of drug-likeness (QED) is 0.614. The third-order valence-electron chi connectivity index (χ3n) is 5.55. The monoisotopic (exact) mass is 250 g/mol. The molecule has 100 valence electrons. The Bertz CT molecular complexity index is 349. The number of hydrogen-bond donors (Lipinski definition) is 1. The van der Waals surface area contributed by atoms with E-state index in [-0.39, 0.29) is 18.0 Å². The SMILES string of the molecule is C=CC(=O)OCC12CC3CC(CC(C3)C1CO)C2. The Kier molecular flexibility index (Phi) is 2.97. The highest BCUT2D eigenvalue weighted by atomic mass is 16.5. The van der Waals surface area contributed by atoms with Crippen LogP contribution in [-0.2, 0) is 9.53 Å². The van der Waals surface area contributed by atoms with Crippen molar-refractivity contribution < 1.29 is 14.6 Å². The van der Waals surface area contributed by atoms with Gasteiger partial charge in [0.1, 0.15) is 0 Å². The smallest absolute Gasteiger partial charge is 0.330 e. The van der Waals surface area contributed by atoms with Crippen LogP contribution in [0.4, 0.5) is 0 Å². The molecule has 0 radical (unpaired) electrons. The Hall–Kier alpha value is -0.830. The number of ether oxygens (including phenoxy) is 1. The van der Waals surface area contributed by atoms with Gasteiger partial charge in [-0.25, -0.2) is 4.79 Å². The molecule has 0 aliphatic heterocycles. The Balaban J connectivity index is 1.78. The van der Waals surface area contributed by atoms with Gasteiger partial charge in [-0.3, -0.25) is 0 Å². The first kappa shape index (κ1) is 12.2. The Morgan fingerprint density at radius 3 is 2.56 bits per heavy atom. The summed E-state index contributed by atoms with van der Waals surface area (Å²) in [6.07, 6.45) is 7.41. The van der Waals surface area contributed by atoms with Crippen LogP contribution in [0.3, 0.4) is 0 Å². The van der Waals surface area contributed by atoms with Gasteiger partial charge in [0.05, 0.1) is 6.61 Å². The summed E-state index contributed by atoms with van der Waals surface area (Å²) in [4.78, 5) is 11.3. The average molecular weight is 250 g/mol. The molecule has 3 nitrogen and oxygen atoms in total. The molecule has 3 atom stereocenters. The maximum Gasteiger partial charge on any atom is 0.330 e. The van der Waals surface area contributed by atoms with Crippen molar-refractivity contribution >= 4 is 5.97 Å². The normalized spacial score (nSPS) is 44.9. The molecular weight excluding hydrogens is 228 g/mol. The van der Waals surface area contributed by atoms with Crippen LogP contribution in [-0.4, -0.2) is 24.3 Å². The van der Waals surface area contributed by atoms with E-state index in [0.717, 1.165) is 24.7 Å². The lowest BCUT2D eigenvalue weighted by Gasteiger charge is -2.60. The molecule has 3 heteroatoms. The van der Waals surface area contributed by atoms with E-state index in [1.807, 2.05) is 0 Å². The molecule has 0 aromatic carbocycles. The highest BCUT2D eigenvalue weighted by Crippen LogP contribution is 2.62. The number of esters is 1. The molecule has 0 saturated heterocycles. The maximum absolute atomic E-state index is 11.3. The predicted octanol–water partition coefficient (Wildman–Crippen LogP) is 2.15. The summed E-state index contributed by atoms with van der Waals surface area (Å²) in [5.74, 6) is 2.26. The summed E-state index contributed by atoms with van der Waals surface area (Å²) < 4.78 is 5.34. The molecule has 4 saturated carbocycles. The van der Waals surface area contributed by atoms with Gasteiger partial charge < -0.3 is 9.84 Å². The first-order valence-corrected chi connectivity index (χ1v) is 7.07. The molecule has 0 heterocycles. The zero-order valence-electron chi connectivity index (χ0n) is 10.8. The van der Waals surface area contributed by atoms with Gasteiger partial charge in [0.25, 0.3) is 0 Å². The topological polar surface area (TPSA) is 46.5 Å². The van der Waals surface area contributed by atoms with E-state index >= 15 is 0 Å². The van der Waals surface area contributed by atoms with Crippen molar-refractivity contribution in [3.05, 3.63) is 12.7 Å². The molecule has 3 unspecified atom stereocenters. The van der Waals surface area contributed by atoms with Gasteiger partial charge in [-0.1, -0.05) is 6.58 Å².